The van der Waals surface area contributed by atoms with Crippen LogP contribution in [0.1, 0.15) is 29.6 Å². The molecule has 1 fully saturated rings. The Morgan fingerprint density at radius 2 is 2.20 bits per heavy atom. The summed E-state index contributed by atoms with van der Waals surface area (Å²) in [5.41, 5.74) is 0.327. The molecule has 1 aromatic carbocycles. The number of hydrogen-bond acceptors (Lipinski definition) is 3. The van der Waals surface area contributed by atoms with Gasteiger partial charge in [-0.15, -0.1) is 0 Å². The zero-order valence-corrected chi connectivity index (χ0v) is 11.7. The molecule has 1 aromatic rings. The summed E-state index contributed by atoms with van der Waals surface area (Å²) in [5, 5.41) is 6.16. The number of amides is 1. The first kappa shape index (κ1) is 14.8. The van der Waals surface area contributed by atoms with Crippen molar-refractivity contribution in [2.24, 2.45) is 5.92 Å². The molecular weight excluding hydrogens is 259 g/mol. The van der Waals surface area contributed by atoms with Gasteiger partial charge >= 0.3 is 0 Å². The first-order valence-corrected chi connectivity index (χ1v) is 7.03. The summed E-state index contributed by atoms with van der Waals surface area (Å²) < 4.78 is 18.3. The van der Waals surface area contributed by atoms with Gasteiger partial charge in [-0.2, -0.15) is 0 Å². The molecule has 0 aliphatic carbocycles. The standard InChI is InChI=1S/C15H21FN2O2/c1-20-14-3-2-12(10-13(14)16)15(19)18-9-6-11-4-7-17-8-5-11/h2-3,10-11,17H,4-9H2,1H3,(H,18,19). The second-order valence-corrected chi connectivity index (χ2v) is 5.09. The maximum Gasteiger partial charge on any atom is 0.251 e. The Kier molecular flexibility index (Phi) is 5.35. The van der Waals surface area contributed by atoms with E-state index in [0.717, 1.165) is 32.4 Å². The largest absolute Gasteiger partial charge is 0.494 e. The number of halogens is 1. The minimum absolute atomic E-state index is 0.149. The fourth-order valence-electron chi connectivity index (χ4n) is 2.47. The number of carbonyl (C=O) groups excluding carboxylic acids is 1. The van der Waals surface area contributed by atoms with Crippen LogP contribution in [-0.4, -0.2) is 32.7 Å². The SMILES string of the molecule is COc1ccc(C(=O)NCCC2CCNCC2)cc1F. The van der Waals surface area contributed by atoms with Crippen LogP contribution in [0.4, 0.5) is 4.39 Å². The average Bonchev–Trinajstić information content (AvgIpc) is 2.48. The van der Waals surface area contributed by atoms with Crippen LogP contribution in [-0.2, 0) is 0 Å². The first-order valence-electron chi connectivity index (χ1n) is 7.03. The van der Waals surface area contributed by atoms with E-state index < -0.39 is 5.82 Å². The Bertz CT molecular complexity index is 459. The first-order chi connectivity index (χ1) is 9.70. The molecular formula is C15H21FN2O2. The maximum atomic E-state index is 13.5. The highest BCUT2D eigenvalue weighted by Gasteiger charge is 2.14. The Balaban J connectivity index is 1.80. The molecule has 1 aliphatic heterocycles. The molecule has 5 heteroatoms. The van der Waals surface area contributed by atoms with Crippen molar-refractivity contribution in [1.82, 2.24) is 10.6 Å². The van der Waals surface area contributed by atoms with Gasteiger partial charge in [0.05, 0.1) is 7.11 Å². The van der Waals surface area contributed by atoms with E-state index >= 15 is 0 Å². The van der Waals surface area contributed by atoms with Gasteiger partial charge in [0.25, 0.3) is 5.91 Å². The normalized spacial score (nSPS) is 15.9. The van der Waals surface area contributed by atoms with Crippen molar-refractivity contribution in [2.45, 2.75) is 19.3 Å². The van der Waals surface area contributed by atoms with Crippen LogP contribution in [0.5, 0.6) is 5.75 Å². The number of hydrogen-bond donors (Lipinski definition) is 2. The van der Waals surface area contributed by atoms with Crippen LogP contribution in [0.25, 0.3) is 0 Å². The molecule has 1 heterocycles. The Morgan fingerprint density at radius 1 is 1.45 bits per heavy atom. The summed E-state index contributed by atoms with van der Waals surface area (Å²) in [6.07, 6.45) is 3.30. The maximum absolute atomic E-state index is 13.5. The molecule has 4 nitrogen and oxygen atoms in total. The van der Waals surface area contributed by atoms with Crippen molar-refractivity contribution in [2.75, 3.05) is 26.7 Å². The molecule has 1 aliphatic rings. The molecule has 1 saturated heterocycles. The van der Waals surface area contributed by atoms with Crippen molar-refractivity contribution >= 4 is 5.91 Å². The lowest BCUT2D eigenvalue weighted by Crippen LogP contribution is -2.31. The van der Waals surface area contributed by atoms with Crippen molar-refractivity contribution in [1.29, 1.82) is 0 Å². The smallest absolute Gasteiger partial charge is 0.251 e. The zero-order valence-electron chi connectivity index (χ0n) is 11.7. The highest BCUT2D eigenvalue weighted by molar-refractivity contribution is 5.94. The van der Waals surface area contributed by atoms with Crippen LogP contribution in [0.3, 0.4) is 0 Å². The third-order valence-corrected chi connectivity index (χ3v) is 3.71. The number of rotatable bonds is 5. The number of ether oxygens (including phenoxy) is 1. The van der Waals surface area contributed by atoms with Gasteiger partial charge in [-0.25, -0.2) is 4.39 Å². The number of piperidine rings is 1. The zero-order chi connectivity index (χ0) is 14.4. The third-order valence-electron chi connectivity index (χ3n) is 3.71. The van der Waals surface area contributed by atoms with Gasteiger partial charge in [-0.3, -0.25) is 4.79 Å². The van der Waals surface area contributed by atoms with E-state index in [4.69, 9.17) is 4.74 Å². The summed E-state index contributed by atoms with van der Waals surface area (Å²) >= 11 is 0. The third kappa shape index (κ3) is 3.93. The van der Waals surface area contributed by atoms with Crippen LogP contribution in [0.15, 0.2) is 18.2 Å². The van der Waals surface area contributed by atoms with Crippen LogP contribution in [0.2, 0.25) is 0 Å². The molecule has 20 heavy (non-hydrogen) atoms. The van der Waals surface area contributed by atoms with Gasteiger partial charge in [0.15, 0.2) is 11.6 Å². The predicted molar refractivity (Wildman–Crippen MR) is 75.5 cm³/mol. The second kappa shape index (κ2) is 7.24. The predicted octanol–water partition coefficient (Wildman–Crippen LogP) is 1.95. The van der Waals surface area contributed by atoms with Gasteiger partial charge in [-0.1, -0.05) is 0 Å². The van der Waals surface area contributed by atoms with Gasteiger partial charge in [0, 0.05) is 12.1 Å². The van der Waals surface area contributed by atoms with Crippen molar-refractivity contribution in [3.8, 4) is 5.75 Å². The molecule has 1 amide bonds. The Hall–Kier alpha value is -1.62. The van der Waals surface area contributed by atoms with E-state index in [2.05, 4.69) is 10.6 Å². The van der Waals surface area contributed by atoms with E-state index in [0.29, 0.717) is 18.0 Å². The van der Waals surface area contributed by atoms with Gasteiger partial charge in [0.1, 0.15) is 0 Å². The quantitative estimate of drug-likeness (QED) is 0.867. The van der Waals surface area contributed by atoms with Crippen molar-refractivity contribution < 1.29 is 13.9 Å². The molecule has 2 rings (SSSR count). The Morgan fingerprint density at radius 3 is 2.85 bits per heavy atom. The molecule has 0 aromatic heterocycles. The fraction of sp³-hybridized carbons (Fsp3) is 0.533. The van der Waals surface area contributed by atoms with Crippen LogP contribution in [0, 0.1) is 11.7 Å². The minimum Gasteiger partial charge on any atom is -0.494 e. The van der Waals surface area contributed by atoms with Crippen molar-refractivity contribution in [3.63, 3.8) is 0 Å². The molecule has 2 N–H and O–H groups in total. The monoisotopic (exact) mass is 280 g/mol. The number of carbonyl (C=O) groups is 1. The van der Waals surface area contributed by atoms with E-state index in [-0.39, 0.29) is 11.7 Å². The molecule has 0 unspecified atom stereocenters. The highest BCUT2D eigenvalue weighted by atomic mass is 19.1. The van der Waals surface area contributed by atoms with Crippen LogP contribution >= 0.6 is 0 Å². The molecule has 0 radical (unpaired) electrons. The fourth-order valence-corrected chi connectivity index (χ4v) is 2.47. The molecule has 0 spiro atoms. The second-order valence-electron chi connectivity index (χ2n) is 5.09. The summed E-state index contributed by atoms with van der Waals surface area (Å²) in [5.74, 6) is 0.0689. The number of benzene rings is 1. The minimum atomic E-state index is -0.515. The van der Waals surface area contributed by atoms with Gasteiger partial charge < -0.3 is 15.4 Å². The topological polar surface area (TPSA) is 50.4 Å². The van der Waals surface area contributed by atoms with Crippen LogP contribution < -0.4 is 15.4 Å². The van der Waals surface area contributed by atoms with Gasteiger partial charge in [-0.05, 0) is 56.5 Å². The van der Waals surface area contributed by atoms with E-state index in [1.165, 1.54) is 19.2 Å². The molecule has 0 saturated carbocycles. The summed E-state index contributed by atoms with van der Waals surface area (Å²) in [7, 11) is 1.40. The van der Waals surface area contributed by atoms with Gasteiger partial charge in [0.2, 0.25) is 0 Å². The number of nitrogens with one attached hydrogen (secondary N) is 2. The molecule has 110 valence electrons. The highest BCUT2D eigenvalue weighted by Crippen LogP contribution is 2.18. The summed E-state index contributed by atoms with van der Waals surface area (Å²) in [6.45, 7) is 2.75. The molecule has 0 atom stereocenters. The average molecular weight is 280 g/mol. The van der Waals surface area contributed by atoms with E-state index in [1.807, 2.05) is 0 Å². The summed E-state index contributed by atoms with van der Waals surface area (Å²) in [6, 6.07) is 4.25. The summed E-state index contributed by atoms with van der Waals surface area (Å²) in [4.78, 5) is 11.9. The van der Waals surface area contributed by atoms with Crippen molar-refractivity contribution in [3.05, 3.63) is 29.6 Å². The lowest BCUT2D eigenvalue weighted by molar-refractivity contribution is 0.0950. The molecule has 0 bridgehead atoms. The number of methoxy groups -OCH3 is 1. The van der Waals surface area contributed by atoms with E-state index in [1.54, 1.807) is 6.07 Å². The lowest BCUT2D eigenvalue weighted by Gasteiger charge is -2.22. The van der Waals surface area contributed by atoms with E-state index in [9.17, 15) is 9.18 Å². The lowest BCUT2D eigenvalue weighted by atomic mass is 9.95. The Labute approximate surface area is 118 Å².